The smallest absolute Gasteiger partial charge is 0.0917 e. The van der Waals surface area contributed by atoms with Crippen molar-refractivity contribution in [2.45, 2.75) is 39.2 Å². The van der Waals surface area contributed by atoms with E-state index < -0.39 is 5.60 Å². The standard InChI is InChI=1S/C14H22O2/c1-5-14(15,10-16-4)9-13-11(2)7-6-8-12(13)3/h6-8,15H,5,9-10H2,1-4H3. The molecule has 0 bridgehead atoms. The molecule has 1 N–H and O–H groups in total. The summed E-state index contributed by atoms with van der Waals surface area (Å²) in [5.41, 5.74) is 2.97. The quantitative estimate of drug-likeness (QED) is 0.830. The number of rotatable bonds is 5. The molecule has 1 unspecified atom stereocenters. The molecule has 0 aliphatic heterocycles. The Labute approximate surface area is 98.3 Å². The minimum absolute atomic E-state index is 0.386. The van der Waals surface area contributed by atoms with Gasteiger partial charge in [0, 0.05) is 13.5 Å². The van der Waals surface area contributed by atoms with Crippen LogP contribution in [0.2, 0.25) is 0 Å². The van der Waals surface area contributed by atoms with E-state index in [1.807, 2.05) is 6.92 Å². The van der Waals surface area contributed by atoms with E-state index in [1.165, 1.54) is 16.7 Å². The molecule has 2 nitrogen and oxygen atoms in total. The summed E-state index contributed by atoms with van der Waals surface area (Å²) < 4.78 is 5.10. The lowest BCUT2D eigenvalue weighted by Gasteiger charge is -2.27. The molecular formula is C14H22O2. The Kier molecular flexibility index (Phi) is 4.51. The highest BCUT2D eigenvalue weighted by molar-refractivity contribution is 5.34. The molecule has 0 aliphatic carbocycles. The molecule has 0 saturated heterocycles. The Balaban J connectivity index is 2.94. The Morgan fingerprint density at radius 3 is 2.25 bits per heavy atom. The van der Waals surface area contributed by atoms with Crippen LogP contribution in [0.3, 0.4) is 0 Å². The second-order valence-corrected chi connectivity index (χ2v) is 4.56. The maximum atomic E-state index is 10.4. The summed E-state index contributed by atoms with van der Waals surface area (Å²) in [6.07, 6.45) is 1.37. The van der Waals surface area contributed by atoms with Gasteiger partial charge in [-0.1, -0.05) is 25.1 Å². The van der Waals surface area contributed by atoms with Gasteiger partial charge in [0.1, 0.15) is 0 Å². The van der Waals surface area contributed by atoms with Gasteiger partial charge in [-0.3, -0.25) is 0 Å². The number of hydrogen-bond donors (Lipinski definition) is 1. The van der Waals surface area contributed by atoms with Crippen LogP contribution < -0.4 is 0 Å². The number of hydrogen-bond acceptors (Lipinski definition) is 2. The van der Waals surface area contributed by atoms with E-state index in [1.54, 1.807) is 7.11 Å². The Morgan fingerprint density at radius 2 is 1.81 bits per heavy atom. The van der Waals surface area contributed by atoms with E-state index in [-0.39, 0.29) is 0 Å². The minimum atomic E-state index is -0.744. The maximum absolute atomic E-state index is 10.4. The first-order valence-corrected chi connectivity index (χ1v) is 5.79. The minimum Gasteiger partial charge on any atom is -0.387 e. The second-order valence-electron chi connectivity index (χ2n) is 4.56. The van der Waals surface area contributed by atoms with Crippen LogP contribution >= 0.6 is 0 Å². The van der Waals surface area contributed by atoms with Crippen LogP contribution in [0.1, 0.15) is 30.0 Å². The molecule has 0 radical (unpaired) electrons. The largest absolute Gasteiger partial charge is 0.387 e. The molecule has 1 aromatic rings. The molecule has 1 aromatic carbocycles. The lowest BCUT2D eigenvalue weighted by molar-refractivity contribution is -0.0335. The number of benzene rings is 1. The number of methoxy groups -OCH3 is 1. The molecule has 0 spiro atoms. The molecule has 1 atom stereocenters. The van der Waals surface area contributed by atoms with E-state index in [9.17, 15) is 5.11 Å². The fourth-order valence-electron chi connectivity index (χ4n) is 2.00. The fourth-order valence-corrected chi connectivity index (χ4v) is 2.00. The molecular weight excluding hydrogens is 200 g/mol. The molecule has 0 saturated carbocycles. The first kappa shape index (κ1) is 13.2. The van der Waals surface area contributed by atoms with Gasteiger partial charge < -0.3 is 9.84 Å². The molecule has 16 heavy (non-hydrogen) atoms. The fraction of sp³-hybridized carbons (Fsp3) is 0.571. The molecule has 0 aromatic heterocycles. The van der Waals surface area contributed by atoms with Crippen LogP contribution in [0.4, 0.5) is 0 Å². The zero-order valence-electron chi connectivity index (χ0n) is 10.7. The van der Waals surface area contributed by atoms with E-state index in [0.29, 0.717) is 19.4 Å². The highest BCUT2D eigenvalue weighted by Crippen LogP contribution is 2.22. The van der Waals surface area contributed by atoms with Crippen LogP contribution in [0, 0.1) is 13.8 Å². The Hall–Kier alpha value is -0.860. The van der Waals surface area contributed by atoms with E-state index in [0.717, 1.165) is 0 Å². The monoisotopic (exact) mass is 222 g/mol. The van der Waals surface area contributed by atoms with Gasteiger partial charge in [0.15, 0.2) is 0 Å². The van der Waals surface area contributed by atoms with E-state index in [2.05, 4.69) is 32.0 Å². The lowest BCUT2D eigenvalue weighted by atomic mass is 9.88. The number of aliphatic hydroxyl groups is 1. The molecule has 90 valence electrons. The third kappa shape index (κ3) is 3.06. The van der Waals surface area contributed by atoms with Gasteiger partial charge in [0.2, 0.25) is 0 Å². The summed E-state index contributed by atoms with van der Waals surface area (Å²) in [7, 11) is 1.63. The molecule has 0 fully saturated rings. The summed E-state index contributed by atoms with van der Waals surface area (Å²) in [6.45, 7) is 6.56. The molecule has 1 rings (SSSR count). The Morgan fingerprint density at radius 1 is 1.25 bits per heavy atom. The summed E-state index contributed by atoms with van der Waals surface area (Å²) >= 11 is 0. The molecule has 0 aliphatic rings. The average molecular weight is 222 g/mol. The summed E-state index contributed by atoms with van der Waals surface area (Å²) in [4.78, 5) is 0. The van der Waals surface area contributed by atoms with Crippen LogP contribution in [0.15, 0.2) is 18.2 Å². The Bertz CT molecular complexity index is 326. The van der Waals surface area contributed by atoms with Gasteiger partial charge in [0.25, 0.3) is 0 Å². The highest BCUT2D eigenvalue weighted by atomic mass is 16.5. The van der Waals surface area contributed by atoms with Gasteiger partial charge in [-0.05, 0) is 37.0 Å². The topological polar surface area (TPSA) is 29.5 Å². The number of aryl methyl sites for hydroxylation is 2. The van der Waals surface area contributed by atoms with Crippen LogP contribution in [0.25, 0.3) is 0 Å². The van der Waals surface area contributed by atoms with Crippen LogP contribution in [-0.4, -0.2) is 24.4 Å². The van der Waals surface area contributed by atoms with Gasteiger partial charge in [0.05, 0.1) is 12.2 Å². The van der Waals surface area contributed by atoms with E-state index >= 15 is 0 Å². The van der Waals surface area contributed by atoms with Crippen molar-refractivity contribution < 1.29 is 9.84 Å². The van der Waals surface area contributed by atoms with Gasteiger partial charge >= 0.3 is 0 Å². The number of ether oxygens (including phenoxy) is 1. The van der Waals surface area contributed by atoms with Crippen molar-refractivity contribution in [2.24, 2.45) is 0 Å². The van der Waals surface area contributed by atoms with Gasteiger partial charge in [-0.2, -0.15) is 0 Å². The van der Waals surface area contributed by atoms with Crippen molar-refractivity contribution in [1.29, 1.82) is 0 Å². The predicted octanol–water partition coefficient (Wildman–Crippen LogP) is 2.63. The highest BCUT2D eigenvalue weighted by Gasteiger charge is 2.26. The second kappa shape index (κ2) is 5.46. The first-order chi connectivity index (χ1) is 7.52. The SMILES string of the molecule is CCC(O)(COC)Cc1c(C)cccc1C. The molecule has 0 heterocycles. The zero-order valence-corrected chi connectivity index (χ0v) is 10.7. The van der Waals surface area contributed by atoms with Crippen LogP contribution in [-0.2, 0) is 11.2 Å². The van der Waals surface area contributed by atoms with Crippen molar-refractivity contribution in [2.75, 3.05) is 13.7 Å². The average Bonchev–Trinajstić information content (AvgIpc) is 2.24. The van der Waals surface area contributed by atoms with Gasteiger partial charge in [-0.15, -0.1) is 0 Å². The predicted molar refractivity (Wildman–Crippen MR) is 66.7 cm³/mol. The zero-order chi connectivity index (χ0) is 12.2. The van der Waals surface area contributed by atoms with Crippen molar-refractivity contribution in [3.05, 3.63) is 34.9 Å². The van der Waals surface area contributed by atoms with E-state index in [4.69, 9.17) is 4.74 Å². The van der Waals surface area contributed by atoms with Crippen molar-refractivity contribution in [1.82, 2.24) is 0 Å². The third-order valence-electron chi connectivity index (χ3n) is 3.22. The summed E-state index contributed by atoms with van der Waals surface area (Å²) in [5, 5.41) is 10.4. The lowest BCUT2D eigenvalue weighted by Crippen LogP contribution is -2.36. The van der Waals surface area contributed by atoms with Crippen LogP contribution in [0.5, 0.6) is 0 Å². The summed E-state index contributed by atoms with van der Waals surface area (Å²) in [5.74, 6) is 0. The van der Waals surface area contributed by atoms with Crippen molar-refractivity contribution >= 4 is 0 Å². The molecule has 0 amide bonds. The summed E-state index contributed by atoms with van der Waals surface area (Å²) in [6, 6.07) is 6.23. The van der Waals surface area contributed by atoms with Gasteiger partial charge in [-0.25, -0.2) is 0 Å². The first-order valence-electron chi connectivity index (χ1n) is 5.79. The normalized spacial score (nSPS) is 14.8. The molecule has 2 heteroatoms. The van der Waals surface area contributed by atoms with Crippen molar-refractivity contribution in [3.8, 4) is 0 Å². The van der Waals surface area contributed by atoms with Crippen molar-refractivity contribution in [3.63, 3.8) is 0 Å². The third-order valence-corrected chi connectivity index (χ3v) is 3.22. The maximum Gasteiger partial charge on any atom is 0.0917 e.